The van der Waals surface area contributed by atoms with E-state index >= 15 is 0 Å². The summed E-state index contributed by atoms with van der Waals surface area (Å²) in [6.45, 7) is 4.80. The second kappa shape index (κ2) is 8.57. The highest BCUT2D eigenvalue weighted by Crippen LogP contribution is 2.09. The van der Waals surface area contributed by atoms with Crippen LogP contribution in [0, 0.1) is 0 Å². The number of rotatable bonds is 6. The first-order valence-electron chi connectivity index (χ1n) is 8.30. The highest BCUT2D eigenvalue weighted by molar-refractivity contribution is 5.78. The normalized spacial score (nSPS) is 15.0. The van der Waals surface area contributed by atoms with Crippen molar-refractivity contribution >= 4 is 11.8 Å². The molecule has 0 bridgehead atoms. The van der Waals surface area contributed by atoms with Crippen molar-refractivity contribution in [2.24, 2.45) is 0 Å². The molecule has 1 saturated heterocycles. The van der Waals surface area contributed by atoms with E-state index in [2.05, 4.69) is 19.1 Å². The van der Waals surface area contributed by atoms with Crippen molar-refractivity contribution in [3.8, 4) is 0 Å². The van der Waals surface area contributed by atoms with Crippen molar-refractivity contribution in [3.05, 3.63) is 35.9 Å². The lowest BCUT2D eigenvalue weighted by atomic mass is 10.1. The number of benzene rings is 1. The van der Waals surface area contributed by atoms with Crippen LogP contribution >= 0.6 is 0 Å². The number of hydrogen-bond acceptors (Lipinski definition) is 2. The van der Waals surface area contributed by atoms with E-state index in [1.807, 2.05) is 28.0 Å². The average molecular weight is 302 g/mol. The fourth-order valence-corrected chi connectivity index (χ4v) is 2.75. The molecule has 4 heteroatoms. The SMILES string of the molecule is CCCCC(=O)N1CCN(C(=O)CCc2ccccc2)CC1. The molecule has 2 amide bonds. The third kappa shape index (κ3) is 4.86. The monoisotopic (exact) mass is 302 g/mol. The summed E-state index contributed by atoms with van der Waals surface area (Å²) in [6.07, 6.45) is 3.97. The molecule has 0 atom stereocenters. The molecule has 0 aromatic heterocycles. The van der Waals surface area contributed by atoms with E-state index in [0.29, 0.717) is 39.0 Å². The minimum Gasteiger partial charge on any atom is -0.339 e. The molecule has 120 valence electrons. The molecule has 4 nitrogen and oxygen atoms in total. The Morgan fingerprint density at radius 3 is 2.00 bits per heavy atom. The van der Waals surface area contributed by atoms with Crippen molar-refractivity contribution in [3.63, 3.8) is 0 Å². The maximum absolute atomic E-state index is 12.2. The van der Waals surface area contributed by atoms with Crippen LogP contribution in [0.15, 0.2) is 30.3 Å². The maximum Gasteiger partial charge on any atom is 0.223 e. The Morgan fingerprint density at radius 2 is 1.45 bits per heavy atom. The summed E-state index contributed by atoms with van der Waals surface area (Å²) in [5.41, 5.74) is 1.20. The highest BCUT2D eigenvalue weighted by Gasteiger charge is 2.23. The Labute approximate surface area is 133 Å². The van der Waals surface area contributed by atoms with E-state index in [1.165, 1.54) is 5.56 Å². The van der Waals surface area contributed by atoms with Gasteiger partial charge in [0.1, 0.15) is 0 Å². The number of piperazine rings is 1. The summed E-state index contributed by atoms with van der Waals surface area (Å²) in [5.74, 6) is 0.433. The topological polar surface area (TPSA) is 40.6 Å². The fraction of sp³-hybridized carbons (Fsp3) is 0.556. The van der Waals surface area contributed by atoms with Gasteiger partial charge in [0.25, 0.3) is 0 Å². The maximum atomic E-state index is 12.2. The second-order valence-electron chi connectivity index (χ2n) is 5.85. The van der Waals surface area contributed by atoms with Gasteiger partial charge in [-0.2, -0.15) is 0 Å². The van der Waals surface area contributed by atoms with Gasteiger partial charge in [0, 0.05) is 39.0 Å². The summed E-state index contributed by atoms with van der Waals surface area (Å²) >= 11 is 0. The smallest absolute Gasteiger partial charge is 0.223 e. The van der Waals surface area contributed by atoms with Gasteiger partial charge in [-0.15, -0.1) is 0 Å². The predicted octanol–water partition coefficient (Wildman–Crippen LogP) is 2.48. The Balaban J connectivity index is 1.72. The molecule has 1 fully saturated rings. The summed E-state index contributed by atoms with van der Waals surface area (Å²) in [7, 11) is 0. The molecule has 1 heterocycles. The van der Waals surface area contributed by atoms with E-state index in [4.69, 9.17) is 0 Å². The Hall–Kier alpha value is -1.84. The van der Waals surface area contributed by atoms with Gasteiger partial charge in [0.2, 0.25) is 11.8 Å². The molecule has 0 unspecified atom stereocenters. The Morgan fingerprint density at radius 1 is 0.909 bits per heavy atom. The zero-order valence-electron chi connectivity index (χ0n) is 13.5. The average Bonchev–Trinajstić information content (AvgIpc) is 2.58. The van der Waals surface area contributed by atoms with E-state index in [1.54, 1.807) is 0 Å². The van der Waals surface area contributed by atoms with E-state index in [0.717, 1.165) is 19.3 Å². The van der Waals surface area contributed by atoms with Crippen LogP contribution in [-0.4, -0.2) is 47.8 Å². The lowest BCUT2D eigenvalue weighted by molar-refractivity contribution is -0.139. The molecule has 0 saturated carbocycles. The molecule has 0 spiro atoms. The van der Waals surface area contributed by atoms with E-state index in [9.17, 15) is 9.59 Å². The molecule has 0 radical (unpaired) electrons. The van der Waals surface area contributed by atoms with Gasteiger partial charge in [0.15, 0.2) is 0 Å². The molecule has 2 rings (SSSR count). The first kappa shape index (κ1) is 16.5. The first-order chi connectivity index (χ1) is 10.7. The van der Waals surface area contributed by atoms with Gasteiger partial charge in [-0.3, -0.25) is 9.59 Å². The number of aryl methyl sites for hydroxylation is 1. The van der Waals surface area contributed by atoms with Crippen LogP contribution in [0.1, 0.15) is 38.2 Å². The van der Waals surface area contributed by atoms with Crippen LogP contribution < -0.4 is 0 Å². The summed E-state index contributed by atoms with van der Waals surface area (Å²) in [4.78, 5) is 28.0. The number of nitrogens with zero attached hydrogens (tertiary/aromatic N) is 2. The third-order valence-electron chi connectivity index (χ3n) is 4.20. The zero-order valence-corrected chi connectivity index (χ0v) is 13.5. The number of hydrogen-bond donors (Lipinski definition) is 0. The lowest BCUT2D eigenvalue weighted by Crippen LogP contribution is -2.50. The van der Waals surface area contributed by atoms with E-state index in [-0.39, 0.29) is 11.8 Å². The van der Waals surface area contributed by atoms with Crippen LogP contribution in [-0.2, 0) is 16.0 Å². The van der Waals surface area contributed by atoms with Crippen molar-refractivity contribution in [1.82, 2.24) is 9.80 Å². The Bertz CT molecular complexity index is 479. The van der Waals surface area contributed by atoms with Crippen molar-refractivity contribution < 1.29 is 9.59 Å². The molecule has 1 aliphatic rings. The zero-order chi connectivity index (χ0) is 15.8. The van der Waals surface area contributed by atoms with Gasteiger partial charge in [-0.25, -0.2) is 0 Å². The van der Waals surface area contributed by atoms with Crippen molar-refractivity contribution in [2.75, 3.05) is 26.2 Å². The minimum absolute atomic E-state index is 0.199. The molecular weight excluding hydrogens is 276 g/mol. The van der Waals surface area contributed by atoms with Gasteiger partial charge in [-0.05, 0) is 18.4 Å². The molecule has 0 aliphatic carbocycles. The molecule has 22 heavy (non-hydrogen) atoms. The van der Waals surface area contributed by atoms with Crippen LogP contribution in [0.3, 0.4) is 0 Å². The van der Waals surface area contributed by atoms with Gasteiger partial charge >= 0.3 is 0 Å². The van der Waals surface area contributed by atoms with Crippen LogP contribution in [0.2, 0.25) is 0 Å². The van der Waals surface area contributed by atoms with Crippen LogP contribution in [0.25, 0.3) is 0 Å². The lowest BCUT2D eigenvalue weighted by Gasteiger charge is -2.35. The third-order valence-corrected chi connectivity index (χ3v) is 4.20. The summed E-state index contributed by atoms with van der Waals surface area (Å²) in [6, 6.07) is 10.1. The second-order valence-corrected chi connectivity index (χ2v) is 5.85. The number of unbranched alkanes of at least 4 members (excludes halogenated alkanes) is 1. The fourth-order valence-electron chi connectivity index (χ4n) is 2.75. The Kier molecular flexibility index (Phi) is 6.44. The first-order valence-corrected chi connectivity index (χ1v) is 8.30. The molecule has 1 aliphatic heterocycles. The number of carbonyl (C=O) groups is 2. The number of carbonyl (C=O) groups excluding carboxylic acids is 2. The number of amides is 2. The molecular formula is C18H26N2O2. The standard InChI is InChI=1S/C18H26N2O2/c1-2-3-9-17(21)19-12-14-20(15-13-19)18(22)11-10-16-7-5-4-6-8-16/h4-8H,2-3,9-15H2,1H3. The predicted molar refractivity (Wildman–Crippen MR) is 87.4 cm³/mol. The molecule has 1 aromatic rings. The molecule has 0 N–H and O–H groups in total. The van der Waals surface area contributed by atoms with E-state index < -0.39 is 0 Å². The quantitative estimate of drug-likeness (QED) is 0.810. The van der Waals surface area contributed by atoms with Crippen molar-refractivity contribution in [1.29, 1.82) is 0 Å². The van der Waals surface area contributed by atoms with Gasteiger partial charge < -0.3 is 9.80 Å². The summed E-state index contributed by atoms with van der Waals surface area (Å²) < 4.78 is 0. The minimum atomic E-state index is 0.199. The van der Waals surface area contributed by atoms with Gasteiger partial charge in [-0.1, -0.05) is 43.7 Å². The molecule has 1 aromatic carbocycles. The van der Waals surface area contributed by atoms with Crippen molar-refractivity contribution in [2.45, 2.75) is 39.0 Å². The van der Waals surface area contributed by atoms with Gasteiger partial charge in [0.05, 0.1) is 0 Å². The largest absolute Gasteiger partial charge is 0.339 e. The summed E-state index contributed by atoms with van der Waals surface area (Å²) in [5, 5.41) is 0. The van der Waals surface area contributed by atoms with Crippen LogP contribution in [0.4, 0.5) is 0 Å². The van der Waals surface area contributed by atoms with Crippen LogP contribution in [0.5, 0.6) is 0 Å². The highest BCUT2D eigenvalue weighted by atomic mass is 16.2.